The molecular formula is C13H20N6. The van der Waals surface area contributed by atoms with Crippen LogP contribution >= 0.6 is 0 Å². The van der Waals surface area contributed by atoms with Gasteiger partial charge in [0.25, 0.3) is 0 Å². The van der Waals surface area contributed by atoms with Crippen molar-refractivity contribution in [2.45, 2.75) is 27.2 Å². The predicted molar refractivity (Wildman–Crippen MR) is 76.8 cm³/mol. The van der Waals surface area contributed by atoms with Crippen molar-refractivity contribution in [3.8, 4) is 0 Å². The molecule has 102 valence electrons. The smallest absolute Gasteiger partial charge is 0.224 e. The van der Waals surface area contributed by atoms with E-state index in [1.807, 2.05) is 33.2 Å². The Bertz CT molecular complexity index is 560. The third-order valence-corrected chi connectivity index (χ3v) is 2.66. The van der Waals surface area contributed by atoms with E-state index in [2.05, 4.69) is 32.6 Å². The molecule has 0 fully saturated rings. The summed E-state index contributed by atoms with van der Waals surface area (Å²) < 4.78 is 1.78. The summed E-state index contributed by atoms with van der Waals surface area (Å²) in [5.74, 6) is 1.44. The van der Waals surface area contributed by atoms with E-state index < -0.39 is 0 Å². The molecule has 0 saturated carbocycles. The molecule has 0 aliphatic rings. The summed E-state index contributed by atoms with van der Waals surface area (Å²) in [5.41, 5.74) is 2.83. The van der Waals surface area contributed by atoms with Crippen molar-refractivity contribution in [2.75, 3.05) is 17.2 Å². The highest BCUT2D eigenvalue weighted by Gasteiger charge is 2.06. The van der Waals surface area contributed by atoms with Gasteiger partial charge in [0.05, 0.1) is 11.4 Å². The second-order valence-corrected chi connectivity index (χ2v) is 4.57. The molecule has 2 heterocycles. The first-order chi connectivity index (χ1) is 9.08. The highest BCUT2D eigenvalue weighted by molar-refractivity contribution is 5.58. The molecule has 6 nitrogen and oxygen atoms in total. The number of aromatic nitrogens is 4. The highest BCUT2D eigenvalue weighted by atomic mass is 15.3. The number of hydrogen-bond donors (Lipinski definition) is 2. The molecule has 2 aromatic heterocycles. The molecule has 0 aromatic carbocycles. The maximum atomic E-state index is 4.45. The van der Waals surface area contributed by atoms with Crippen LogP contribution < -0.4 is 10.6 Å². The minimum atomic E-state index is 0.658. The fourth-order valence-electron chi connectivity index (χ4n) is 1.81. The van der Waals surface area contributed by atoms with E-state index in [9.17, 15) is 0 Å². The van der Waals surface area contributed by atoms with Gasteiger partial charge in [0.15, 0.2) is 0 Å². The van der Waals surface area contributed by atoms with Gasteiger partial charge in [-0.1, -0.05) is 6.92 Å². The van der Waals surface area contributed by atoms with Gasteiger partial charge in [-0.05, 0) is 20.3 Å². The molecule has 0 aliphatic heterocycles. The summed E-state index contributed by atoms with van der Waals surface area (Å²) in [7, 11) is 1.90. The highest BCUT2D eigenvalue weighted by Crippen LogP contribution is 2.19. The van der Waals surface area contributed by atoms with Crippen LogP contribution in [0.15, 0.2) is 12.3 Å². The predicted octanol–water partition coefficient (Wildman–Crippen LogP) is 2.39. The molecule has 0 atom stereocenters. The molecule has 0 aliphatic carbocycles. The summed E-state index contributed by atoms with van der Waals surface area (Å²) in [6.07, 6.45) is 2.98. The minimum Gasteiger partial charge on any atom is -0.354 e. The number of aryl methyl sites for hydroxylation is 3. The van der Waals surface area contributed by atoms with Gasteiger partial charge in [0.1, 0.15) is 5.82 Å². The molecule has 2 aromatic rings. The van der Waals surface area contributed by atoms with Gasteiger partial charge in [-0.25, -0.2) is 4.98 Å². The van der Waals surface area contributed by atoms with Crippen molar-refractivity contribution >= 4 is 17.5 Å². The lowest BCUT2D eigenvalue weighted by Gasteiger charge is -2.08. The Morgan fingerprint density at radius 3 is 2.68 bits per heavy atom. The standard InChI is InChI=1S/C13H20N6/c1-5-6-14-13-15-9(2)7-12(17-13)16-11-8-19(4)18-10(11)3/h7-8H,5-6H2,1-4H3,(H2,14,15,16,17). The lowest BCUT2D eigenvalue weighted by molar-refractivity contribution is 0.756. The zero-order chi connectivity index (χ0) is 13.8. The van der Waals surface area contributed by atoms with E-state index in [0.717, 1.165) is 35.9 Å². The van der Waals surface area contributed by atoms with Crippen molar-refractivity contribution in [1.82, 2.24) is 19.7 Å². The number of hydrogen-bond acceptors (Lipinski definition) is 5. The van der Waals surface area contributed by atoms with E-state index in [-0.39, 0.29) is 0 Å². The second kappa shape index (κ2) is 5.69. The summed E-state index contributed by atoms with van der Waals surface area (Å²) in [5, 5.41) is 10.8. The molecule has 0 amide bonds. The maximum absolute atomic E-state index is 4.45. The topological polar surface area (TPSA) is 67.7 Å². The number of anilines is 3. The molecule has 0 saturated heterocycles. The average molecular weight is 260 g/mol. The van der Waals surface area contributed by atoms with Crippen molar-refractivity contribution in [3.05, 3.63) is 23.7 Å². The fraction of sp³-hybridized carbons (Fsp3) is 0.462. The summed E-state index contributed by atoms with van der Waals surface area (Å²) in [4.78, 5) is 8.80. The van der Waals surface area contributed by atoms with Gasteiger partial charge in [-0.2, -0.15) is 10.1 Å². The first-order valence-electron chi connectivity index (χ1n) is 6.45. The summed E-state index contributed by atoms with van der Waals surface area (Å²) in [6.45, 7) is 6.91. The van der Waals surface area contributed by atoms with Crippen LogP contribution in [-0.2, 0) is 7.05 Å². The van der Waals surface area contributed by atoms with Gasteiger partial charge >= 0.3 is 0 Å². The van der Waals surface area contributed by atoms with Crippen LogP contribution in [0.1, 0.15) is 24.7 Å². The lowest BCUT2D eigenvalue weighted by Crippen LogP contribution is -2.06. The molecular weight excluding hydrogens is 240 g/mol. The third-order valence-electron chi connectivity index (χ3n) is 2.66. The second-order valence-electron chi connectivity index (χ2n) is 4.57. The van der Waals surface area contributed by atoms with Gasteiger partial charge in [-0.15, -0.1) is 0 Å². The Balaban J connectivity index is 2.20. The van der Waals surface area contributed by atoms with Crippen molar-refractivity contribution < 1.29 is 0 Å². The molecule has 0 radical (unpaired) electrons. The Morgan fingerprint density at radius 1 is 1.26 bits per heavy atom. The first kappa shape index (κ1) is 13.3. The Hall–Kier alpha value is -2.11. The number of nitrogens with one attached hydrogen (secondary N) is 2. The van der Waals surface area contributed by atoms with Crippen molar-refractivity contribution in [1.29, 1.82) is 0 Å². The van der Waals surface area contributed by atoms with Gasteiger partial charge in [0, 0.05) is 31.5 Å². The van der Waals surface area contributed by atoms with Gasteiger partial charge < -0.3 is 10.6 Å². The Kier molecular flexibility index (Phi) is 3.99. The van der Waals surface area contributed by atoms with E-state index in [1.54, 1.807) is 4.68 Å². The van der Waals surface area contributed by atoms with Crippen molar-refractivity contribution in [3.63, 3.8) is 0 Å². The average Bonchev–Trinajstić information content (AvgIpc) is 2.64. The van der Waals surface area contributed by atoms with Crippen LogP contribution in [0.3, 0.4) is 0 Å². The van der Waals surface area contributed by atoms with E-state index >= 15 is 0 Å². The maximum Gasteiger partial charge on any atom is 0.224 e. The molecule has 19 heavy (non-hydrogen) atoms. The SMILES string of the molecule is CCCNc1nc(C)cc(Nc2cn(C)nc2C)n1. The number of rotatable bonds is 5. The molecule has 0 unspecified atom stereocenters. The fourth-order valence-corrected chi connectivity index (χ4v) is 1.81. The molecule has 0 spiro atoms. The Morgan fingerprint density at radius 2 is 2.05 bits per heavy atom. The normalized spacial score (nSPS) is 10.5. The van der Waals surface area contributed by atoms with Crippen LogP contribution in [0.25, 0.3) is 0 Å². The lowest BCUT2D eigenvalue weighted by atomic mass is 10.3. The van der Waals surface area contributed by atoms with E-state index in [0.29, 0.717) is 5.95 Å². The summed E-state index contributed by atoms with van der Waals surface area (Å²) in [6, 6.07) is 1.92. The first-order valence-corrected chi connectivity index (χ1v) is 6.45. The van der Waals surface area contributed by atoms with Crippen LogP contribution in [-0.4, -0.2) is 26.3 Å². The quantitative estimate of drug-likeness (QED) is 0.864. The molecule has 2 N–H and O–H groups in total. The molecule has 2 rings (SSSR count). The van der Waals surface area contributed by atoms with Crippen LogP contribution in [0, 0.1) is 13.8 Å². The van der Waals surface area contributed by atoms with E-state index in [4.69, 9.17) is 0 Å². The zero-order valence-corrected chi connectivity index (χ0v) is 11.9. The van der Waals surface area contributed by atoms with Crippen LogP contribution in [0.2, 0.25) is 0 Å². The monoisotopic (exact) mass is 260 g/mol. The number of nitrogens with zero attached hydrogens (tertiary/aromatic N) is 4. The van der Waals surface area contributed by atoms with Gasteiger partial charge in [-0.3, -0.25) is 4.68 Å². The zero-order valence-electron chi connectivity index (χ0n) is 11.9. The Labute approximate surface area is 113 Å². The summed E-state index contributed by atoms with van der Waals surface area (Å²) >= 11 is 0. The van der Waals surface area contributed by atoms with Crippen LogP contribution in [0.5, 0.6) is 0 Å². The van der Waals surface area contributed by atoms with Gasteiger partial charge in [0.2, 0.25) is 5.95 Å². The van der Waals surface area contributed by atoms with Crippen LogP contribution in [0.4, 0.5) is 17.5 Å². The molecule has 0 bridgehead atoms. The largest absolute Gasteiger partial charge is 0.354 e. The molecule has 6 heteroatoms. The third kappa shape index (κ3) is 3.43. The van der Waals surface area contributed by atoms with Crippen molar-refractivity contribution in [2.24, 2.45) is 7.05 Å². The van der Waals surface area contributed by atoms with E-state index in [1.165, 1.54) is 0 Å². The minimum absolute atomic E-state index is 0.658.